The predicted octanol–water partition coefficient (Wildman–Crippen LogP) is 0.443. The number of methoxy groups -OCH3 is 2. The van der Waals surface area contributed by atoms with E-state index in [0.717, 1.165) is 32.8 Å². The summed E-state index contributed by atoms with van der Waals surface area (Å²) in [4.78, 5) is 2.21. The number of hydrogen-bond acceptors (Lipinski definition) is 5. The first-order valence-corrected chi connectivity index (χ1v) is 4.68. The minimum atomic E-state index is 0.622. The molecule has 0 aromatic rings. The van der Waals surface area contributed by atoms with Crippen molar-refractivity contribution in [3.05, 3.63) is 0 Å². The van der Waals surface area contributed by atoms with Crippen LogP contribution in [0.3, 0.4) is 0 Å². The van der Waals surface area contributed by atoms with Crippen LogP contribution >= 0.6 is 12.9 Å². The SMILES string of the molecule is COCCN(CCOC)CCOS. The number of thiol groups is 1. The largest absolute Gasteiger partial charge is 0.383 e. The summed E-state index contributed by atoms with van der Waals surface area (Å²) in [7, 11) is 3.40. The first-order valence-electron chi connectivity index (χ1n) is 4.31. The molecule has 0 saturated heterocycles. The van der Waals surface area contributed by atoms with E-state index in [-0.39, 0.29) is 0 Å². The second-order valence-corrected chi connectivity index (χ2v) is 2.92. The summed E-state index contributed by atoms with van der Waals surface area (Å²) in [5.74, 6) is 0. The first-order chi connectivity index (χ1) is 6.35. The molecule has 0 unspecified atom stereocenters. The van der Waals surface area contributed by atoms with Gasteiger partial charge in [-0.25, -0.2) is 0 Å². The highest BCUT2D eigenvalue weighted by Gasteiger charge is 2.03. The lowest BCUT2D eigenvalue weighted by molar-refractivity contribution is 0.106. The molecule has 0 bridgehead atoms. The summed E-state index contributed by atoms with van der Waals surface area (Å²) in [6, 6.07) is 0. The van der Waals surface area contributed by atoms with Crippen LogP contribution < -0.4 is 0 Å². The number of nitrogens with zero attached hydrogens (tertiary/aromatic N) is 1. The Bertz CT molecular complexity index is 86.4. The average molecular weight is 209 g/mol. The van der Waals surface area contributed by atoms with Crippen LogP contribution in [0.4, 0.5) is 0 Å². The number of rotatable bonds is 9. The van der Waals surface area contributed by atoms with Gasteiger partial charge in [-0.1, -0.05) is 0 Å². The Balaban J connectivity index is 3.47. The molecule has 0 aliphatic carbocycles. The van der Waals surface area contributed by atoms with E-state index in [4.69, 9.17) is 13.7 Å². The Morgan fingerprint density at radius 3 is 1.77 bits per heavy atom. The van der Waals surface area contributed by atoms with Crippen LogP contribution in [0.5, 0.6) is 0 Å². The van der Waals surface area contributed by atoms with Crippen LogP contribution in [0.1, 0.15) is 0 Å². The zero-order chi connectivity index (χ0) is 9.94. The van der Waals surface area contributed by atoms with Crippen LogP contribution in [-0.2, 0) is 13.7 Å². The molecular weight excluding hydrogens is 190 g/mol. The molecule has 0 fully saturated rings. The molecule has 0 N–H and O–H groups in total. The van der Waals surface area contributed by atoms with Gasteiger partial charge in [-0.3, -0.25) is 4.90 Å². The summed E-state index contributed by atoms with van der Waals surface area (Å²) < 4.78 is 14.7. The van der Waals surface area contributed by atoms with Crippen molar-refractivity contribution in [2.75, 3.05) is 53.7 Å². The van der Waals surface area contributed by atoms with Gasteiger partial charge in [-0.05, 0) is 12.9 Å². The summed E-state index contributed by atoms with van der Waals surface area (Å²) in [5, 5.41) is 0. The highest BCUT2D eigenvalue weighted by molar-refractivity contribution is 7.75. The molecule has 0 heterocycles. The number of ether oxygens (including phenoxy) is 2. The van der Waals surface area contributed by atoms with Crippen LogP contribution in [0, 0.1) is 0 Å². The lowest BCUT2D eigenvalue weighted by atomic mass is 10.4. The van der Waals surface area contributed by atoms with Gasteiger partial charge >= 0.3 is 0 Å². The fourth-order valence-corrected chi connectivity index (χ4v) is 1.03. The molecule has 0 aliphatic heterocycles. The summed E-state index contributed by atoms with van der Waals surface area (Å²) in [6.07, 6.45) is 0. The van der Waals surface area contributed by atoms with Crippen molar-refractivity contribution in [1.29, 1.82) is 0 Å². The molecule has 0 atom stereocenters. The van der Waals surface area contributed by atoms with Crippen molar-refractivity contribution in [2.24, 2.45) is 0 Å². The lowest BCUT2D eigenvalue weighted by Crippen LogP contribution is -2.33. The third-order valence-electron chi connectivity index (χ3n) is 1.72. The Labute approximate surface area is 85.8 Å². The highest BCUT2D eigenvalue weighted by atomic mass is 32.1. The molecule has 0 amide bonds. The molecule has 0 spiro atoms. The van der Waals surface area contributed by atoms with Gasteiger partial charge < -0.3 is 13.7 Å². The maximum atomic E-state index is 4.99. The average Bonchev–Trinajstić information content (AvgIpc) is 2.17. The van der Waals surface area contributed by atoms with E-state index in [1.807, 2.05) is 0 Å². The van der Waals surface area contributed by atoms with E-state index in [2.05, 4.69) is 17.8 Å². The summed E-state index contributed by atoms with van der Waals surface area (Å²) in [6.45, 7) is 4.74. The third-order valence-corrected chi connectivity index (χ3v) is 1.90. The molecule has 13 heavy (non-hydrogen) atoms. The van der Waals surface area contributed by atoms with Gasteiger partial charge in [0.25, 0.3) is 0 Å². The summed E-state index contributed by atoms with van der Waals surface area (Å²) >= 11 is 3.69. The van der Waals surface area contributed by atoms with E-state index in [0.29, 0.717) is 6.61 Å². The van der Waals surface area contributed by atoms with Gasteiger partial charge in [0.2, 0.25) is 0 Å². The van der Waals surface area contributed by atoms with E-state index in [1.54, 1.807) is 14.2 Å². The molecule has 0 aliphatic rings. The van der Waals surface area contributed by atoms with E-state index < -0.39 is 0 Å². The lowest BCUT2D eigenvalue weighted by Gasteiger charge is -2.20. The fourth-order valence-electron chi connectivity index (χ4n) is 0.946. The van der Waals surface area contributed by atoms with E-state index >= 15 is 0 Å². The second kappa shape index (κ2) is 10.3. The molecule has 4 nitrogen and oxygen atoms in total. The maximum absolute atomic E-state index is 4.99. The Morgan fingerprint density at radius 2 is 1.38 bits per heavy atom. The second-order valence-electron chi connectivity index (χ2n) is 2.66. The van der Waals surface area contributed by atoms with Crippen LogP contribution in [0.15, 0.2) is 0 Å². The molecule has 0 saturated carbocycles. The minimum absolute atomic E-state index is 0.622. The van der Waals surface area contributed by atoms with Crippen LogP contribution in [-0.4, -0.2) is 58.6 Å². The molecule has 5 heteroatoms. The highest BCUT2D eigenvalue weighted by Crippen LogP contribution is 1.90. The van der Waals surface area contributed by atoms with E-state index in [9.17, 15) is 0 Å². The maximum Gasteiger partial charge on any atom is 0.0737 e. The Hall–Kier alpha value is 0.190. The van der Waals surface area contributed by atoms with Crippen LogP contribution in [0.2, 0.25) is 0 Å². The fraction of sp³-hybridized carbons (Fsp3) is 1.00. The van der Waals surface area contributed by atoms with Crippen LogP contribution in [0.25, 0.3) is 0 Å². The molecule has 80 valence electrons. The topological polar surface area (TPSA) is 30.9 Å². The van der Waals surface area contributed by atoms with Gasteiger partial charge in [0.05, 0.1) is 19.8 Å². The zero-order valence-corrected chi connectivity index (χ0v) is 9.26. The molecule has 0 radical (unpaired) electrons. The Kier molecular flexibility index (Phi) is 10.4. The normalized spacial score (nSPS) is 11.1. The quantitative estimate of drug-likeness (QED) is 0.441. The van der Waals surface area contributed by atoms with E-state index in [1.165, 1.54) is 0 Å². The first kappa shape index (κ1) is 13.2. The van der Waals surface area contributed by atoms with Crippen molar-refractivity contribution in [2.45, 2.75) is 0 Å². The van der Waals surface area contributed by atoms with Crippen molar-refractivity contribution in [3.8, 4) is 0 Å². The predicted molar refractivity (Wildman–Crippen MR) is 55.1 cm³/mol. The number of hydrogen-bond donors (Lipinski definition) is 1. The molecule has 0 rings (SSSR count). The third kappa shape index (κ3) is 8.52. The minimum Gasteiger partial charge on any atom is -0.383 e. The zero-order valence-electron chi connectivity index (χ0n) is 8.36. The van der Waals surface area contributed by atoms with Crippen molar-refractivity contribution < 1.29 is 13.7 Å². The molecule has 0 aromatic carbocycles. The smallest absolute Gasteiger partial charge is 0.0737 e. The monoisotopic (exact) mass is 209 g/mol. The van der Waals surface area contributed by atoms with Crippen molar-refractivity contribution >= 4 is 12.9 Å². The van der Waals surface area contributed by atoms with Gasteiger partial charge in [0.1, 0.15) is 0 Å². The van der Waals surface area contributed by atoms with Gasteiger partial charge in [-0.15, -0.1) is 0 Å². The van der Waals surface area contributed by atoms with Gasteiger partial charge in [0, 0.05) is 33.9 Å². The van der Waals surface area contributed by atoms with Gasteiger partial charge in [-0.2, -0.15) is 0 Å². The molecule has 0 aromatic heterocycles. The Morgan fingerprint density at radius 1 is 0.923 bits per heavy atom. The van der Waals surface area contributed by atoms with Crippen molar-refractivity contribution in [3.63, 3.8) is 0 Å². The summed E-state index contributed by atoms with van der Waals surface area (Å²) in [5.41, 5.74) is 0. The van der Waals surface area contributed by atoms with Crippen molar-refractivity contribution in [1.82, 2.24) is 4.90 Å². The molecular formula is C8H19NO3S. The van der Waals surface area contributed by atoms with Gasteiger partial charge in [0.15, 0.2) is 0 Å². The standard InChI is InChI=1S/C8H19NO3S/c1-10-6-3-9(4-7-11-2)5-8-12-13/h13H,3-8H2,1-2H3.